The van der Waals surface area contributed by atoms with E-state index in [2.05, 4.69) is 0 Å². The van der Waals surface area contributed by atoms with Gasteiger partial charge < -0.3 is 18.9 Å². The van der Waals surface area contributed by atoms with Crippen molar-refractivity contribution in [1.29, 1.82) is 0 Å². The first-order valence-corrected chi connectivity index (χ1v) is 8.21. The van der Waals surface area contributed by atoms with Crippen LogP contribution in [0.4, 0.5) is 0 Å². The van der Waals surface area contributed by atoms with Crippen molar-refractivity contribution >= 4 is 11.9 Å². The molecule has 0 aromatic heterocycles. The Morgan fingerprint density at radius 1 is 0.885 bits per heavy atom. The van der Waals surface area contributed by atoms with E-state index >= 15 is 0 Å². The van der Waals surface area contributed by atoms with Gasteiger partial charge >= 0.3 is 11.9 Å². The summed E-state index contributed by atoms with van der Waals surface area (Å²) in [5.41, 5.74) is 2.16. The molecule has 0 aliphatic carbocycles. The van der Waals surface area contributed by atoms with Crippen LogP contribution in [0, 0.1) is 0 Å². The average Bonchev–Trinajstić information content (AvgIpc) is 2.68. The quantitative estimate of drug-likeness (QED) is 0.507. The van der Waals surface area contributed by atoms with Crippen molar-refractivity contribution in [2.75, 3.05) is 34.0 Å². The number of ether oxygens (including phenoxy) is 4. The molecule has 0 heterocycles. The van der Waals surface area contributed by atoms with Crippen LogP contribution in [0.15, 0.2) is 48.5 Å². The molecule has 0 N–H and O–H groups in total. The molecule has 2 aromatic carbocycles. The zero-order valence-corrected chi connectivity index (χ0v) is 14.9. The van der Waals surface area contributed by atoms with Gasteiger partial charge in [-0.15, -0.1) is 0 Å². The zero-order chi connectivity index (χ0) is 18.8. The summed E-state index contributed by atoms with van der Waals surface area (Å²) in [6.07, 6.45) is 0.0742. The van der Waals surface area contributed by atoms with Crippen LogP contribution in [-0.2, 0) is 19.0 Å². The summed E-state index contributed by atoms with van der Waals surface area (Å²) in [7, 11) is 2.85. The molecular formula is C20H22O6. The smallest absolute Gasteiger partial charge is 0.341 e. The summed E-state index contributed by atoms with van der Waals surface area (Å²) >= 11 is 0. The molecule has 0 saturated carbocycles. The van der Waals surface area contributed by atoms with Gasteiger partial charge in [0.05, 0.1) is 26.7 Å². The zero-order valence-electron chi connectivity index (χ0n) is 14.9. The molecule has 0 atom stereocenters. The van der Waals surface area contributed by atoms with Gasteiger partial charge in [0.25, 0.3) is 0 Å². The van der Waals surface area contributed by atoms with Crippen LogP contribution in [0.2, 0.25) is 0 Å². The van der Waals surface area contributed by atoms with Gasteiger partial charge in [-0.2, -0.15) is 0 Å². The second-order valence-corrected chi connectivity index (χ2v) is 5.38. The minimum atomic E-state index is -0.500. The first-order chi connectivity index (χ1) is 12.7. The highest BCUT2D eigenvalue weighted by atomic mass is 16.6. The largest absolute Gasteiger partial charge is 0.492 e. The van der Waals surface area contributed by atoms with Crippen LogP contribution < -0.4 is 4.74 Å². The summed E-state index contributed by atoms with van der Waals surface area (Å²) in [5.74, 6) is -0.524. The fourth-order valence-electron chi connectivity index (χ4n) is 2.29. The molecule has 26 heavy (non-hydrogen) atoms. The van der Waals surface area contributed by atoms with Crippen LogP contribution in [0.5, 0.6) is 5.75 Å². The van der Waals surface area contributed by atoms with E-state index in [-0.39, 0.29) is 25.6 Å². The van der Waals surface area contributed by atoms with Crippen LogP contribution in [0.1, 0.15) is 16.8 Å². The number of carbonyl (C=O) groups is 2. The summed E-state index contributed by atoms with van der Waals surface area (Å²) in [6.45, 7) is 0.648. The first-order valence-electron chi connectivity index (χ1n) is 8.21. The van der Waals surface area contributed by atoms with Gasteiger partial charge in [-0.3, -0.25) is 4.79 Å². The van der Waals surface area contributed by atoms with Crippen molar-refractivity contribution in [2.45, 2.75) is 6.42 Å². The van der Waals surface area contributed by atoms with E-state index in [1.54, 1.807) is 12.1 Å². The molecule has 2 rings (SSSR count). The lowest BCUT2D eigenvalue weighted by atomic mass is 10.0. The lowest BCUT2D eigenvalue weighted by Gasteiger charge is -2.12. The van der Waals surface area contributed by atoms with Gasteiger partial charge in [-0.25, -0.2) is 4.79 Å². The average molecular weight is 358 g/mol. The number of benzene rings is 2. The van der Waals surface area contributed by atoms with Gasteiger partial charge in [0.1, 0.15) is 17.9 Å². The molecule has 0 aliphatic heterocycles. The number of rotatable bonds is 9. The minimum absolute atomic E-state index is 0.0742. The molecule has 0 spiro atoms. The van der Waals surface area contributed by atoms with Crippen LogP contribution in [0.25, 0.3) is 11.1 Å². The normalized spacial score (nSPS) is 10.2. The molecule has 0 amide bonds. The molecule has 0 bridgehead atoms. The maximum Gasteiger partial charge on any atom is 0.341 e. The predicted molar refractivity (Wildman–Crippen MR) is 96.2 cm³/mol. The Morgan fingerprint density at radius 2 is 1.65 bits per heavy atom. The van der Waals surface area contributed by atoms with Crippen LogP contribution >= 0.6 is 0 Å². The van der Waals surface area contributed by atoms with Gasteiger partial charge in [0.2, 0.25) is 0 Å². The van der Waals surface area contributed by atoms with Gasteiger partial charge in [0.15, 0.2) is 0 Å². The molecule has 138 valence electrons. The third-order valence-electron chi connectivity index (χ3n) is 3.61. The number of esters is 2. The van der Waals surface area contributed by atoms with Gasteiger partial charge in [-0.1, -0.05) is 36.4 Å². The number of hydrogen-bond acceptors (Lipinski definition) is 6. The molecule has 2 aromatic rings. The summed E-state index contributed by atoms with van der Waals surface area (Å²) in [6, 6.07) is 14.9. The third kappa shape index (κ3) is 5.60. The molecule has 6 nitrogen and oxygen atoms in total. The third-order valence-corrected chi connectivity index (χ3v) is 3.61. The maximum atomic E-state index is 12.1. The fourth-order valence-corrected chi connectivity index (χ4v) is 2.29. The highest BCUT2D eigenvalue weighted by Gasteiger charge is 2.15. The van der Waals surface area contributed by atoms with Crippen molar-refractivity contribution < 1.29 is 28.5 Å². The second-order valence-electron chi connectivity index (χ2n) is 5.38. The monoisotopic (exact) mass is 358 g/mol. The summed E-state index contributed by atoms with van der Waals surface area (Å²) in [5, 5.41) is 0. The van der Waals surface area contributed by atoms with Crippen molar-refractivity contribution in [3.05, 3.63) is 54.1 Å². The van der Waals surface area contributed by atoms with Crippen LogP contribution in [-0.4, -0.2) is 46.0 Å². The molecule has 0 fully saturated rings. The Balaban J connectivity index is 2.05. The van der Waals surface area contributed by atoms with E-state index in [9.17, 15) is 9.59 Å². The Kier molecular flexibility index (Phi) is 7.64. The van der Waals surface area contributed by atoms with E-state index < -0.39 is 5.97 Å². The SMILES string of the molecule is COCCOC(=O)CCOc1ccc(-c2ccccc2)cc1C(=O)OC. The van der Waals surface area contributed by atoms with E-state index in [0.29, 0.717) is 17.9 Å². The highest BCUT2D eigenvalue weighted by Crippen LogP contribution is 2.27. The number of hydrogen-bond donors (Lipinski definition) is 0. The molecular weight excluding hydrogens is 336 g/mol. The molecule has 0 radical (unpaired) electrons. The van der Waals surface area contributed by atoms with Gasteiger partial charge in [-0.05, 0) is 23.3 Å². The van der Waals surface area contributed by atoms with Crippen molar-refractivity contribution in [3.8, 4) is 16.9 Å². The number of methoxy groups -OCH3 is 2. The summed E-state index contributed by atoms with van der Waals surface area (Å²) in [4.78, 5) is 23.7. The Bertz CT molecular complexity index is 726. The molecule has 0 aliphatic rings. The van der Waals surface area contributed by atoms with Crippen molar-refractivity contribution in [1.82, 2.24) is 0 Å². The topological polar surface area (TPSA) is 71.1 Å². The second kappa shape index (κ2) is 10.2. The standard InChI is InChI=1S/C20H22O6/c1-23-12-13-26-19(21)10-11-25-18-9-8-16(14-17(18)20(22)24-2)15-6-4-3-5-7-15/h3-9,14H,10-13H2,1-2H3. The first kappa shape index (κ1) is 19.5. The minimum Gasteiger partial charge on any atom is -0.492 e. The Hall–Kier alpha value is -2.86. The van der Waals surface area contributed by atoms with Crippen molar-refractivity contribution in [3.63, 3.8) is 0 Å². The van der Waals surface area contributed by atoms with E-state index in [1.165, 1.54) is 14.2 Å². The maximum absolute atomic E-state index is 12.1. The number of carbonyl (C=O) groups excluding carboxylic acids is 2. The Labute approximate surface area is 152 Å². The molecule has 0 unspecified atom stereocenters. The van der Waals surface area contributed by atoms with Gasteiger partial charge in [0, 0.05) is 7.11 Å². The van der Waals surface area contributed by atoms with E-state index in [0.717, 1.165) is 11.1 Å². The molecule has 0 saturated heterocycles. The fraction of sp³-hybridized carbons (Fsp3) is 0.300. The van der Waals surface area contributed by atoms with Crippen molar-refractivity contribution in [2.24, 2.45) is 0 Å². The molecule has 6 heteroatoms. The van der Waals surface area contributed by atoms with E-state index in [4.69, 9.17) is 18.9 Å². The highest BCUT2D eigenvalue weighted by molar-refractivity contribution is 5.94. The summed E-state index contributed by atoms with van der Waals surface area (Å²) < 4.78 is 20.2. The predicted octanol–water partition coefficient (Wildman–Crippen LogP) is 3.10. The van der Waals surface area contributed by atoms with E-state index in [1.807, 2.05) is 36.4 Å². The lowest BCUT2D eigenvalue weighted by Crippen LogP contribution is -2.14. The van der Waals surface area contributed by atoms with Crippen LogP contribution in [0.3, 0.4) is 0 Å². The lowest BCUT2D eigenvalue weighted by molar-refractivity contribution is -0.145. The Morgan fingerprint density at radius 3 is 2.35 bits per heavy atom.